The van der Waals surface area contributed by atoms with Crippen LogP contribution in [-0.2, 0) is 32.6 Å². The molecule has 0 aromatic heterocycles. The second kappa shape index (κ2) is 14.5. The summed E-state index contributed by atoms with van der Waals surface area (Å²) in [7, 11) is -4.15. The molecule has 0 saturated heterocycles. The van der Waals surface area contributed by atoms with Crippen molar-refractivity contribution in [3.63, 3.8) is 0 Å². The van der Waals surface area contributed by atoms with Crippen molar-refractivity contribution < 1.29 is 18.0 Å². The molecule has 0 radical (unpaired) electrons. The highest BCUT2D eigenvalue weighted by Crippen LogP contribution is 2.27. The molecule has 1 atom stereocenters. The second-order valence-electron chi connectivity index (χ2n) is 11.4. The first kappa shape index (κ1) is 33.4. The van der Waals surface area contributed by atoms with Crippen LogP contribution in [0.5, 0.6) is 0 Å². The van der Waals surface area contributed by atoms with E-state index in [1.165, 1.54) is 17.0 Å². The van der Waals surface area contributed by atoms with Gasteiger partial charge in [0.15, 0.2) is 0 Å². The number of nitrogens with one attached hydrogen (secondary N) is 1. The normalized spacial score (nSPS) is 12.3. The van der Waals surface area contributed by atoms with Crippen molar-refractivity contribution in [3.05, 3.63) is 129 Å². The van der Waals surface area contributed by atoms with E-state index >= 15 is 0 Å². The molecular formula is C34H35Br2N3O4S. The van der Waals surface area contributed by atoms with Gasteiger partial charge in [-0.05, 0) is 80.4 Å². The van der Waals surface area contributed by atoms with Crippen LogP contribution in [0.15, 0.2) is 123 Å². The Bertz CT molecular complexity index is 1680. The number of carbonyl (C=O) groups is 2. The van der Waals surface area contributed by atoms with Crippen LogP contribution in [0.1, 0.15) is 31.9 Å². The molecular weight excluding hydrogens is 706 g/mol. The van der Waals surface area contributed by atoms with Crippen molar-refractivity contribution in [2.75, 3.05) is 10.8 Å². The van der Waals surface area contributed by atoms with Gasteiger partial charge in [0.05, 0.1) is 10.6 Å². The predicted octanol–water partition coefficient (Wildman–Crippen LogP) is 6.96. The molecule has 0 bridgehead atoms. The van der Waals surface area contributed by atoms with E-state index in [1.807, 2.05) is 75.4 Å². The lowest BCUT2D eigenvalue weighted by Crippen LogP contribution is -2.56. The molecule has 0 aliphatic rings. The highest BCUT2D eigenvalue weighted by Gasteiger charge is 2.35. The van der Waals surface area contributed by atoms with Crippen LogP contribution < -0.4 is 9.62 Å². The standard InChI is InChI=1S/C34H35Br2N3O4S/c1-34(2,3)37-33(41)31(22-25-11-6-4-7-12-25)38(23-26-13-10-14-28(36)21-26)32(40)24-39(29-19-17-27(35)18-20-29)44(42,43)30-15-8-5-9-16-30/h4-21,31H,22-24H2,1-3H3,(H,37,41)/t31-/m1/s1. The van der Waals surface area contributed by atoms with Gasteiger partial charge >= 0.3 is 0 Å². The quantitative estimate of drug-likeness (QED) is 0.180. The number of hydrogen-bond donors (Lipinski definition) is 1. The van der Waals surface area contributed by atoms with Crippen LogP contribution in [0.2, 0.25) is 0 Å². The zero-order valence-electron chi connectivity index (χ0n) is 24.8. The van der Waals surface area contributed by atoms with Crippen molar-refractivity contribution in [3.8, 4) is 0 Å². The van der Waals surface area contributed by atoms with Crippen LogP contribution in [0.3, 0.4) is 0 Å². The van der Waals surface area contributed by atoms with E-state index in [-0.39, 0.29) is 23.8 Å². The maximum absolute atomic E-state index is 14.5. The molecule has 4 rings (SSSR count). The summed E-state index contributed by atoms with van der Waals surface area (Å²) in [6.07, 6.45) is 0.242. The third kappa shape index (κ3) is 9.03. The number of benzene rings is 4. The van der Waals surface area contributed by atoms with Crippen molar-refractivity contribution in [1.82, 2.24) is 10.2 Å². The summed E-state index contributed by atoms with van der Waals surface area (Å²) in [5.74, 6) is -0.844. The predicted molar refractivity (Wildman–Crippen MR) is 182 cm³/mol. The van der Waals surface area contributed by atoms with Crippen LogP contribution in [0.25, 0.3) is 0 Å². The molecule has 230 valence electrons. The Balaban J connectivity index is 1.81. The number of rotatable bonds is 11. The fourth-order valence-corrected chi connectivity index (χ4v) is 6.84. The first-order valence-electron chi connectivity index (χ1n) is 14.1. The summed E-state index contributed by atoms with van der Waals surface area (Å²) in [4.78, 5) is 30.0. The molecule has 0 aliphatic carbocycles. The number of sulfonamides is 1. The molecule has 0 spiro atoms. The minimum absolute atomic E-state index is 0.0561. The highest BCUT2D eigenvalue weighted by atomic mass is 79.9. The maximum Gasteiger partial charge on any atom is 0.264 e. The number of amides is 2. The summed E-state index contributed by atoms with van der Waals surface area (Å²) >= 11 is 6.91. The molecule has 4 aromatic carbocycles. The zero-order valence-corrected chi connectivity index (χ0v) is 28.8. The third-order valence-corrected chi connectivity index (χ3v) is 9.55. The lowest BCUT2D eigenvalue weighted by atomic mass is 10.0. The molecule has 0 saturated carbocycles. The van der Waals surface area contributed by atoms with Crippen LogP contribution in [0.4, 0.5) is 5.69 Å². The highest BCUT2D eigenvalue weighted by molar-refractivity contribution is 9.10. The third-order valence-electron chi connectivity index (χ3n) is 6.74. The average molecular weight is 742 g/mol. The molecule has 4 aromatic rings. The zero-order chi connectivity index (χ0) is 31.9. The number of carbonyl (C=O) groups excluding carboxylic acids is 2. The van der Waals surface area contributed by atoms with E-state index in [9.17, 15) is 18.0 Å². The summed E-state index contributed by atoms with van der Waals surface area (Å²) in [5.41, 5.74) is 1.42. The molecule has 10 heteroatoms. The lowest BCUT2D eigenvalue weighted by Gasteiger charge is -2.35. The topological polar surface area (TPSA) is 86.8 Å². The minimum Gasteiger partial charge on any atom is -0.350 e. The Hall–Kier alpha value is -3.47. The molecule has 1 N–H and O–H groups in total. The van der Waals surface area contributed by atoms with Gasteiger partial charge in [0.1, 0.15) is 12.6 Å². The van der Waals surface area contributed by atoms with Gasteiger partial charge < -0.3 is 10.2 Å². The van der Waals surface area contributed by atoms with Crippen LogP contribution >= 0.6 is 31.9 Å². The first-order valence-corrected chi connectivity index (χ1v) is 17.1. The van der Waals surface area contributed by atoms with Gasteiger partial charge in [-0.1, -0.05) is 92.5 Å². The van der Waals surface area contributed by atoms with Crippen LogP contribution in [0, 0.1) is 0 Å². The van der Waals surface area contributed by atoms with Gasteiger partial charge in [0.2, 0.25) is 11.8 Å². The van der Waals surface area contributed by atoms with E-state index in [2.05, 4.69) is 37.2 Å². The molecule has 44 heavy (non-hydrogen) atoms. The van der Waals surface area contributed by atoms with E-state index < -0.39 is 34.1 Å². The van der Waals surface area contributed by atoms with Crippen molar-refractivity contribution >= 4 is 59.4 Å². The van der Waals surface area contributed by atoms with Gasteiger partial charge in [-0.3, -0.25) is 13.9 Å². The van der Waals surface area contributed by atoms with Gasteiger partial charge in [-0.2, -0.15) is 0 Å². The first-order chi connectivity index (χ1) is 20.8. The Labute approximate surface area is 276 Å². The van der Waals surface area contributed by atoms with Crippen molar-refractivity contribution in [2.45, 2.75) is 50.2 Å². The fourth-order valence-electron chi connectivity index (χ4n) is 4.69. The Morgan fingerprint density at radius 1 is 0.773 bits per heavy atom. The van der Waals surface area contributed by atoms with Crippen molar-refractivity contribution in [2.24, 2.45) is 0 Å². The number of hydrogen-bond acceptors (Lipinski definition) is 4. The Morgan fingerprint density at radius 3 is 1.95 bits per heavy atom. The fraction of sp³-hybridized carbons (Fsp3) is 0.235. The summed E-state index contributed by atoms with van der Waals surface area (Å²) in [6, 6.07) is 30.8. The monoisotopic (exact) mass is 739 g/mol. The molecule has 7 nitrogen and oxygen atoms in total. The minimum atomic E-state index is -4.15. The van der Waals surface area contributed by atoms with Gasteiger partial charge in [0.25, 0.3) is 10.0 Å². The molecule has 0 aliphatic heterocycles. The second-order valence-corrected chi connectivity index (χ2v) is 15.1. The van der Waals surface area contributed by atoms with E-state index in [0.29, 0.717) is 5.69 Å². The van der Waals surface area contributed by atoms with Gasteiger partial charge in [-0.25, -0.2) is 8.42 Å². The number of nitrogens with zero attached hydrogens (tertiary/aromatic N) is 2. The summed E-state index contributed by atoms with van der Waals surface area (Å²) in [5, 5.41) is 3.04. The number of halogens is 2. The Morgan fingerprint density at radius 2 is 1.36 bits per heavy atom. The van der Waals surface area contributed by atoms with Crippen LogP contribution in [-0.4, -0.2) is 43.3 Å². The van der Waals surface area contributed by atoms with E-state index in [4.69, 9.17) is 0 Å². The number of anilines is 1. The van der Waals surface area contributed by atoms with Gasteiger partial charge in [-0.15, -0.1) is 0 Å². The molecule has 2 amide bonds. The molecule has 0 unspecified atom stereocenters. The SMILES string of the molecule is CC(C)(C)NC(=O)[C@@H](Cc1ccccc1)N(Cc1cccc(Br)c1)C(=O)CN(c1ccc(Br)cc1)S(=O)(=O)c1ccccc1. The lowest BCUT2D eigenvalue weighted by molar-refractivity contribution is -0.140. The average Bonchev–Trinajstić information content (AvgIpc) is 2.98. The largest absolute Gasteiger partial charge is 0.350 e. The maximum atomic E-state index is 14.5. The molecule has 0 heterocycles. The van der Waals surface area contributed by atoms with Gasteiger partial charge in [0, 0.05) is 27.4 Å². The summed E-state index contributed by atoms with van der Waals surface area (Å²) in [6.45, 7) is 5.22. The molecule has 0 fully saturated rings. The smallest absolute Gasteiger partial charge is 0.264 e. The Kier molecular flexibility index (Phi) is 11.0. The summed E-state index contributed by atoms with van der Waals surface area (Å²) < 4.78 is 30.7. The van der Waals surface area contributed by atoms with E-state index in [1.54, 1.807) is 42.5 Å². The van der Waals surface area contributed by atoms with Crippen molar-refractivity contribution in [1.29, 1.82) is 0 Å². The van der Waals surface area contributed by atoms with E-state index in [0.717, 1.165) is 24.4 Å².